The van der Waals surface area contributed by atoms with E-state index in [1.807, 2.05) is 0 Å². The van der Waals surface area contributed by atoms with Gasteiger partial charge in [0.25, 0.3) is 5.91 Å². The van der Waals surface area contributed by atoms with Crippen LogP contribution in [0.15, 0.2) is 47.0 Å². The number of aromatic nitrogens is 2. The Morgan fingerprint density at radius 2 is 1.68 bits per heavy atom. The molecule has 1 saturated heterocycles. The SMILES string of the molecule is CC(C)[C@H](NC(=O)[C@@H]1CCCN1C(=O)[C@H](CC(=O)O)NC(=O)CCOCCOCCOCCN)C(=O)N=S(C)(=O)Cc1cc2cc(c1)OCCCCOc1cc(F)ccc1-c1nc(ncc1F)N2. The first kappa shape index (κ1) is 53.1. The number of hydrogen-bond acceptors (Lipinski definition) is 15. The Morgan fingerprint density at radius 3 is 2.38 bits per heavy atom. The molecule has 3 heterocycles. The van der Waals surface area contributed by atoms with E-state index in [0.29, 0.717) is 62.6 Å². The zero-order valence-electron chi connectivity index (χ0n) is 38.3. The van der Waals surface area contributed by atoms with Crippen LogP contribution in [0.25, 0.3) is 11.3 Å². The minimum absolute atomic E-state index is 0.0208. The average molecular weight is 975 g/mol. The van der Waals surface area contributed by atoms with Gasteiger partial charge in [0.2, 0.25) is 23.7 Å². The number of carbonyl (C=O) groups is 5. The average Bonchev–Trinajstić information content (AvgIpc) is 3.77. The molecule has 372 valence electrons. The van der Waals surface area contributed by atoms with Crippen LogP contribution in [0.2, 0.25) is 0 Å². The molecule has 0 spiro atoms. The molecule has 0 saturated carbocycles. The summed E-state index contributed by atoms with van der Waals surface area (Å²) >= 11 is 0. The number of amides is 4. The predicted molar refractivity (Wildman–Crippen MR) is 244 cm³/mol. The second kappa shape index (κ2) is 26.0. The number of aliphatic carboxylic acids is 1. The van der Waals surface area contributed by atoms with Gasteiger partial charge in [-0.25, -0.2) is 23.0 Å². The number of benzene rings is 2. The second-order valence-corrected chi connectivity index (χ2v) is 18.9. The van der Waals surface area contributed by atoms with E-state index in [9.17, 15) is 37.7 Å². The van der Waals surface area contributed by atoms with Crippen LogP contribution in [-0.4, -0.2) is 144 Å². The number of fused-ring (bicyclic) bond motifs is 6. The lowest BCUT2D eigenvalue weighted by atomic mass is 10.0. The maximum absolute atomic E-state index is 15.1. The molecule has 2 aliphatic rings. The number of carbonyl (C=O) groups excluding carboxylic acids is 4. The highest BCUT2D eigenvalue weighted by atomic mass is 32.2. The fraction of sp³-hybridized carbons (Fsp3) is 0.533. The third-order valence-corrected chi connectivity index (χ3v) is 11.9. The van der Waals surface area contributed by atoms with Crippen LogP contribution in [0.3, 0.4) is 0 Å². The number of carboxylic acids is 1. The molecule has 23 heteroatoms. The summed E-state index contributed by atoms with van der Waals surface area (Å²) in [6.07, 6.45) is 2.97. The van der Waals surface area contributed by atoms with Crippen LogP contribution in [0, 0.1) is 17.6 Å². The summed E-state index contributed by atoms with van der Waals surface area (Å²) in [6, 6.07) is 4.77. The van der Waals surface area contributed by atoms with Crippen molar-refractivity contribution in [3.63, 3.8) is 0 Å². The lowest BCUT2D eigenvalue weighted by molar-refractivity contribution is -0.146. The Morgan fingerprint density at radius 1 is 0.971 bits per heavy atom. The first-order valence-corrected chi connectivity index (χ1v) is 24.4. The fourth-order valence-electron chi connectivity index (χ4n) is 7.32. The second-order valence-electron chi connectivity index (χ2n) is 16.5. The summed E-state index contributed by atoms with van der Waals surface area (Å²) in [7, 11) is -3.34. The third-order valence-electron chi connectivity index (χ3n) is 10.5. The van der Waals surface area contributed by atoms with Crippen molar-refractivity contribution >= 4 is 51.0 Å². The van der Waals surface area contributed by atoms with E-state index in [2.05, 4.69) is 30.3 Å². The van der Waals surface area contributed by atoms with Gasteiger partial charge in [0.05, 0.1) is 81.0 Å². The molecule has 6 N–H and O–H groups in total. The molecule has 4 amide bonds. The Kier molecular flexibility index (Phi) is 20.3. The molecule has 1 aromatic heterocycles. The standard InChI is InChI=1S/C45H60F2N8O12S/c1-28(2)40(52-42(59)36-7-6-12-55(36)44(61)35(25-39(57)58)51-38(56)10-15-63-17-19-65-20-18-64-16-11-48)43(60)54-68(3,62)27-29-21-31-24-32(22-29)66-13-4-5-14-67-37-23-30(46)8-9-33(37)41-34(47)26-49-45(50-31)53-41/h8-9,21-24,26,28,35-36,40H,4-7,10-20,25,27,48H2,1-3H3,(H,51,56)(H,52,59)(H,57,58)(H,49,50,53)/t35-,36-,40-,68?/m0/s1. The lowest BCUT2D eigenvalue weighted by Gasteiger charge is -2.29. The van der Waals surface area contributed by atoms with Crippen LogP contribution in [0.4, 0.5) is 20.4 Å². The lowest BCUT2D eigenvalue weighted by Crippen LogP contribution is -2.56. The third kappa shape index (κ3) is 16.4. The van der Waals surface area contributed by atoms with Gasteiger partial charge in [-0.3, -0.25) is 24.0 Å². The van der Waals surface area contributed by atoms with E-state index in [1.165, 1.54) is 23.3 Å². The Hall–Kier alpha value is -5.88. The van der Waals surface area contributed by atoms with E-state index in [1.54, 1.807) is 32.0 Å². The van der Waals surface area contributed by atoms with Crippen LogP contribution in [0.5, 0.6) is 11.5 Å². The van der Waals surface area contributed by atoms with Crippen LogP contribution in [0.1, 0.15) is 57.9 Å². The Bertz CT molecular complexity index is 2370. The molecular weight excluding hydrogens is 915 g/mol. The van der Waals surface area contributed by atoms with Crippen molar-refractivity contribution in [2.24, 2.45) is 16.0 Å². The number of ether oxygens (including phenoxy) is 5. The highest BCUT2D eigenvalue weighted by molar-refractivity contribution is 7.92. The molecule has 1 unspecified atom stereocenters. The number of rotatable bonds is 21. The number of likely N-dealkylation sites (tertiary alicyclic amines) is 1. The van der Waals surface area contributed by atoms with Crippen LogP contribution in [-0.2, 0) is 53.7 Å². The summed E-state index contributed by atoms with van der Waals surface area (Å²) in [4.78, 5) is 75.5. The van der Waals surface area contributed by atoms with Crippen molar-refractivity contribution in [1.29, 1.82) is 0 Å². The van der Waals surface area contributed by atoms with Gasteiger partial charge in [-0.05, 0) is 61.4 Å². The van der Waals surface area contributed by atoms with Crippen molar-refractivity contribution in [2.75, 3.05) is 77.5 Å². The van der Waals surface area contributed by atoms with Gasteiger partial charge in [0.1, 0.15) is 41.1 Å². The molecule has 0 radical (unpaired) electrons. The summed E-state index contributed by atoms with van der Waals surface area (Å²) in [5, 5.41) is 17.7. The van der Waals surface area contributed by atoms with Gasteiger partial charge < -0.3 is 55.4 Å². The van der Waals surface area contributed by atoms with Crippen molar-refractivity contribution < 1.29 is 65.8 Å². The molecule has 4 bridgehead atoms. The summed E-state index contributed by atoms with van der Waals surface area (Å²) in [6.45, 7) is 5.82. The number of nitrogens with one attached hydrogen (secondary N) is 3. The van der Waals surface area contributed by atoms with Crippen LogP contribution >= 0.6 is 0 Å². The van der Waals surface area contributed by atoms with Crippen molar-refractivity contribution in [1.82, 2.24) is 25.5 Å². The number of hydrogen-bond donors (Lipinski definition) is 5. The first-order valence-electron chi connectivity index (χ1n) is 22.3. The maximum atomic E-state index is 15.1. The summed E-state index contributed by atoms with van der Waals surface area (Å²) in [5.74, 6) is -5.98. The first-order chi connectivity index (χ1) is 32.5. The van der Waals surface area contributed by atoms with E-state index < -0.39 is 81.4 Å². The molecule has 2 aromatic carbocycles. The zero-order valence-corrected chi connectivity index (χ0v) is 39.2. The predicted octanol–water partition coefficient (Wildman–Crippen LogP) is 3.33. The van der Waals surface area contributed by atoms with E-state index in [4.69, 9.17) is 29.4 Å². The normalized spacial score (nSPS) is 16.6. The molecule has 4 atom stereocenters. The Balaban J connectivity index is 1.24. The topological polar surface area (TPSA) is 272 Å². The monoisotopic (exact) mass is 974 g/mol. The molecule has 0 aliphatic carbocycles. The number of anilines is 2. The van der Waals surface area contributed by atoms with E-state index >= 15 is 4.39 Å². The number of nitrogens with zero attached hydrogens (tertiary/aromatic N) is 4. The largest absolute Gasteiger partial charge is 0.494 e. The van der Waals surface area contributed by atoms with Gasteiger partial charge in [0.15, 0.2) is 5.82 Å². The molecule has 5 rings (SSSR count). The molecule has 3 aromatic rings. The van der Waals surface area contributed by atoms with Crippen molar-refractivity contribution in [2.45, 2.75) is 76.3 Å². The van der Waals surface area contributed by atoms with Gasteiger partial charge in [-0.2, -0.15) is 4.36 Å². The molecule has 1 fully saturated rings. The number of nitrogens with two attached hydrogens (primary N) is 1. The van der Waals surface area contributed by atoms with Crippen molar-refractivity contribution in [3.05, 3.63) is 59.8 Å². The fourth-order valence-corrected chi connectivity index (χ4v) is 8.66. The summed E-state index contributed by atoms with van der Waals surface area (Å²) in [5.41, 5.74) is 6.27. The number of halogens is 2. The van der Waals surface area contributed by atoms with Gasteiger partial charge in [-0.1, -0.05) is 13.8 Å². The molecule has 2 aliphatic heterocycles. The maximum Gasteiger partial charge on any atom is 0.305 e. The quantitative estimate of drug-likeness (QED) is 0.0958. The number of carboxylic acid groups (broad SMARTS) is 1. The minimum atomic E-state index is -3.34. The van der Waals surface area contributed by atoms with E-state index in [0.717, 1.165) is 12.3 Å². The van der Waals surface area contributed by atoms with Crippen LogP contribution < -0.4 is 31.2 Å². The van der Waals surface area contributed by atoms with E-state index in [-0.39, 0.29) is 81.1 Å². The van der Waals surface area contributed by atoms with Crippen molar-refractivity contribution in [3.8, 4) is 22.8 Å². The van der Waals surface area contributed by atoms with Gasteiger partial charge in [0, 0.05) is 49.1 Å². The Labute approximate surface area is 393 Å². The zero-order chi connectivity index (χ0) is 49.2. The molecule has 20 nitrogen and oxygen atoms in total. The highest BCUT2D eigenvalue weighted by Crippen LogP contribution is 2.33. The minimum Gasteiger partial charge on any atom is -0.494 e. The van der Waals surface area contributed by atoms with Gasteiger partial charge in [-0.15, -0.1) is 0 Å². The highest BCUT2D eigenvalue weighted by Gasteiger charge is 2.40. The molecule has 68 heavy (non-hydrogen) atoms. The van der Waals surface area contributed by atoms with Gasteiger partial charge >= 0.3 is 5.97 Å². The smallest absolute Gasteiger partial charge is 0.305 e. The summed E-state index contributed by atoms with van der Waals surface area (Å²) < 4.78 is 75.3. The molecular formula is C45H60F2N8O12S.